The summed E-state index contributed by atoms with van der Waals surface area (Å²) in [5.74, 6) is 0. The Hall–Kier alpha value is -3.05. The van der Waals surface area contributed by atoms with Gasteiger partial charge in [-0.1, -0.05) is 99.6 Å². The first-order chi connectivity index (χ1) is 23.8. The van der Waals surface area contributed by atoms with Crippen molar-refractivity contribution in [2.45, 2.75) is 77.7 Å². The molecule has 0 saturated carbocycles. The molecule has 0 N–H and O–H groups in total. The number of carbonyl (C=O) groups is 1. The van der Waals surface area contributed by atoms with Gasteiger partial charge >= 0.3 is 6.09 Å². The van der Waals surface area contributed by atoms with Crippen LogP contribution in [0.1, 0.15) is 64.3 Å². The van der Waals surface area contributed by atoms with Crippen molar-refractivity contribution in [2.75, 3.05) is 66.1 Å². The molecule has 1 unspecified atom stereocenters. The Morgan fingerprint density at radius 1 is 0.860 bits per heavy atom. The van der Waals surface area contributed by atoms with Crippen LogP contribution in [0.3, 0.4) is 0 Å². The van der Waals surface area contributed by atoms with Crippen LogP contribution in [0.2, 0.25) is 0 Å². The first kappa shape index (κ1) is 38.2. The lowest BCUT2D eigenvalue weighted by Crippen LogP contribution is -2.60. The minimum absolute atomic E-state index is 0.0560. The molecule has 0 aliphatic carbocycles. The summed E-state index contributed by atoms with van der Waals surface area (Å²) in [6.07, 6.45) is -0.586. The van der Waals surface area contributed by atoms with Crippen molar-refractivity contribution < 1.29 is 23.4 Å². The van der Waals surface area contributed by atoms with Crippen LogP contribution >= 0.6 is 0 Å². The summed E-state index contributed by atoms with van der Waals surface area (Å²) in [6, 6.07) is 27.6. The van der Waals surface area contributed by atoms with Gasteiger partial charge in [0.15, 0.2) is 0 Å². The Bertz CT molecular complexity index is 1470. The molecule has 2 saturated heterocycles. The lowest BCUT2D eigenvalue weighted by Gasteiger charge is -2.46. The van der Waals surface area contributed by atoms with Crippen LogP contribution in [0.15, 0.2) is 78.9 Å². The number of piperazine rings is 1. The molecule has 0 aromatic heterocycles. The van der Waals surface area contributed by atoms with Gasteiger partial charge in [-0.25, -0.2) is 4.79 Å². The van der Waals surface area contributed by atoms with Crippen LogP contribution in [0.4, 0.5) is 4.79 Å². The maximum atomic E-state index is 14.1. The van der Waals surface area contributed by atoms with Gasteiger partial charge in [0.25, 0.3) is 9.04 Å². The molecule has 3 aromatic rings. The smallest absolute Gasteiger partial charge is 0.410 e. The third kappa shape index (κ3) is 10.3. The monoisotopic (exact) mass is 700 g/mol. The summed E-state index contributed by atoms with van der Waals surface area (Å²) in [7, 11) is 0.00455. The van der Waals surface area contributed by atoms with E-state index in [0.717, 1.165) is 38.3 Å². The van der Waals surface area contributed by atoms with Gasteiger partial charge < -0.3 is 18.6 Å². The first-order valence-corrected chi connectivity index (χ1v) is 19.5. The molecule has 0 spiro atoms. The van der Waals surface area contributed by atoms with Crippen LogP contribution in [0, 0.1) is 6.92 Å². The Balaban J connectivity index is 1.54. The number of methoxy groups -OCH3 is 1. The molecule has 0 bridgehead atoms. The molecule has 50 heavy (non-hydrogen) atoms. The molecule has 2 aliphatic rings. The van der Waals surface area contributed by atoms with Crippen molar-refractivity contribution in [3.63, 3.8) is 0 Å². The summed E-state index contributed by atoms with van der Waals surface area (Å²) in [4.78, 5) is 21.0. The maximum Gasteiger partial charge on any atom is 0.410 e. The van der Waals surface area contributed by atoms with E-state index in [0.29, 0.717) is 26.3 Å². The second-order valence-electron chi connectivity index (χ2n) is 15.7. The van der Waals surface area contributed by atoms with Crippen molar-refractivity contribution in [1.82, 2.24) is 14.7 Å². The predicted octanol–water partition coefficient (Wildman–Crippen LogP) is 5.42. The van der Waals surface area contributed by atoms with Crippen molar-refractivity contribution in [2.24, 2.45) is 0 Å². The van der Waals surface area contributed by atoms with E-state index < -0.39 is 20.7 Å². The fourth-order valence-electron chi connectivity index (χ4n) is 7.03. The highest BCUT2D eigenvalue weighted by atomic mass is 28.3. The number of hydrogen-bond acceptors (Lipinski definition) is 7. The van der Waals surface area contributed by atoms with Crippen LogP contribution in [-0.4, -0.2) is 114 Å². The van der Waals surface area contributed by atoms with Crippen LogP contribution in [0.25, 0.3) is 0 Å². The normalized spacial score (nSPS) is 20.2. The molecule has 271 valence electrons. The van der Waals surface area contributed by atoms with E-state index in [-0.39, 0.29) is 23.7 Å². The quantitative estimate of drug-likeness (QED) is 0.248. The van der Waals surface area contributed by atoms with E-state index in [1.165, 1.54) is 21.5 Å². The average Bonchev–Trinajstić information content (AvgIpc) is 3.08. The van der Waals surface area contributed by atoms with E-state index in [4.69, 9.17) is 18.6 Å². The van der Waals surface area contributed by atoms with Gasteiger partial charge in [0.2, 0.25) is 0 Å². The standard InChI is InChI=1S/C41H58N3O5Si/c1-31-19-20-32(27-36(31)40(2,3)4)38(49-50(34-15-11-9-12-16-34)35-17-13-10-14-18-35)37-29-42(23-24-44(37)39(45)48-41(5,6)7)21-22-43-25-26-47-33(28-43)30-46-8/h9-20,27,33,37-38H,21-26,28-30H2,1-8H3/t33-,37+,38?/m0/s1. The number of benzene rings is 3. The highest BCUT2D eigenvalue weighted by molar-refractivity contribution is 6.80. The number of rotatable bonds is 11. The molecular formula is C41H58N3O5Si. The molecule has 2 aliphatic heterocycles. The summed E-state index contributed by atoms with van der Waals surface area (Å²) in [6.45, 7) is 21.7. The minimum Gasteiger partial charge on any atom is -0.444 e. The molecule has 5 rings (SSSR count). The number of ether oxygens (including phenoxy) is 3. The van der Waals surface area contributed by atoms with Gasteiger partial charge in [0.05, 0.1) is 31.5 Å². The Kier molecular flexibility index (Phi) is 13.0. The molecule has 2 fully saturated rings. The first-order valence-electron chi connectivity index (χ1n) is 18.1. The molecule has 1 amide bonds. The molecule has 1 radical (unpaired) electrons. The average molecular weight is 701 g/mol. The number of amides is 1. The lowest BCUT2D eigenvalue weighted by molar-refractivity contribution is -0.0648. The molecule has 3 aromatic carbocycles. The topological polar surface area (TPSA) is 63.7 Å². The van der Waals surface area contributed by atoms with E-state index in [2.05, 4.69) is 116 Å². The van der Waals surface area contributed by atoms with Crippen LogP contribution in [-0.2, 0) is 24.1 Å². The zero-order valence-electron chi connectivity index (χ0n) is 31.5. The van der Waals surface area contributed by atoms with Crippen LogP contribution in [0.5, 0.6) is 0 Å². The summed E-state index contributed by atoms with van der Waals surface area (Å²) in [5, 5.41) is 2.34. The molecule has 8 nitrogen and oxygen atoms in total. The van der Waals surface area contributed by atoms with Gasteiger partial charge in [0, 0.05) is 52.9 Å². The fraction of sp³-hybridized carbons (Fsp3) is 0.537. The summed E-state index contributed by atoms with van der Waals surface area (Å²) in [5.41, 5.74) is 2.95. The number of carbonyl (C=O) groups excluding carboxylic acids is 1. The van der Waals surface area contributed by atoms with Crippen LogP contribution < -0.4 is 10.4 Å². The molecule has 2 heterocycles. The highest BCUT2D eigenvalue weighted by Gasteiger charge is 2.41. The van der Waals surface area contributed by atoms with Crippen molar-refractivity contribution in [1.29, 1.82) is 0 Å². The number of nitrogens with zero attached hydrogens (tertiary/aromatic N) is 3. The highest BCUT2D eigenvalue weighted by Crippen LogP contribution is 2.34. The van der Waals surface area contributed by atoms with Gasteiger partial charge in [0.1, 0.15) is 5.60 Å². The van der Waals surface area contributed by atoms with E-state index >= 15 is 0 Å². The Morgan fingerprint density at radius 3 is 2.06 bits per heavy atom. The number of aryl methyl sites for hydroxylation is 1. The van der Waals surface area contributed by atoms with E-state index in [1.54, 1.807) is 7.11 Å². The number of morpholine rings is 1. The zero-order chi connectivity index (χ0) is 35.9. The van der Waals surface area contributed by atoms with Gasteiger partial charge in [-0.2, -0.15) is 0 Å². The van der Waals surface area contributed by atoms with Gasteiger partial charge in [-0.05, 0) is 60.2 Å². The number of hydrogen-bond donors (Lipinski definition) is 0. The largest absolute Gasteiger partial charge is 0.444 e. The van der Waals surface area contributed by atoms with E-state index in [9.17, 15) is 4.79 Å². The van der Waals surface area contributed by atoms with Crippen molar-refractivity contribution >= 4 is 25.5 Å². The third-order valence-corrected chi connectivity index (χ3v) is 11.7. The summed E-state index contributed by atoms with van der Waals surface area (Å²) < 4.78 is 24.9. The zero-order valence-corrected chi connectivity index (χ0v) is 32.5. The van der Waals surface area contributed by atoms with Gasteiger partial charge in [-0.15, -0.1) is 0 Å². The maximum absolute atomic E-state index is 14.1. The minimum atomic E-state index is -1.72. The SMILES string of the molecule is COC[C@@H]1CN(CCN2CCN(C(=O)OC(C)(C)C)[C@@H](C(O[Si](c3ccccc3)c3ccccc3)c3ccc(C)c(C(C)(C)C)c3)C2)CCO1. The van der Waals surface area contributed by atoms with Crippen molar-refractivity contribution in [3.05, 3.63) is 95.6 Å². The lowest BCUT2D eigenvalue weighted by atomic mass is 9.82. The summed E-state index contributed by atoms with van der Waals surface area (Å²) >= 11 is 0. The second-order valence-corrected chi connectivity index (χ2v) is 17.8. The van der Waals surface area contributed by atoms with E-state index in [1.807, 2.05) is 25.7 Å². The Morgan fingerprint density at radius 2 is 1.48 bits per heavy atom. The Labute approximate surface area is 302 Å². The fourth-order valence-corrected chi connectivity index (χ4v) is 9.18. The molecule has 9 heteroatoms. The second kappa shape index (κ2) is 17.0. The van der Waals surface area contributed by atoms with Gasteiger partial charge in [-0.3, -0.25) is 14.7 Å². The molecule has 3 atom stereocenters. The predicted molar refractivity (Wildman–Crippen MR) is 203 cm³/mol. The molecular weight excluding hydrogens is 643 g/mol. The third-order valence-electron chi connectivity index (χ3n) is 9.50. The van der Waals surface area contributed by atoms with Crippen molar-refractivity contribution in [3.8, 4) is 0 Å².